The minimum absolute atomic E-state index is 0.116. The summed E-state index contributed by atoms with van der Waals surface area (Å²) in [5.41, 5.74) is 2.64. The fraction of sp³-hybridized carbons (Fsp3) is 0. The van der Waals surface area contributed by atoms with Gasteiger partial charge < -0.3 is 0 Å². The van der Waals surface area contributed by atoms with Gasteiger partial charge in [0.2, 0.25) is 0 Å². The lowest BCUT2D eigenvalue weighted by Gasteiger charge is -2.10. The zero-order valence-corrected chi connectivity index (χ0v) is 13.7. The van der Waals surface area contributed by atoms with E-state index in [-0.39, 0.29) is 20.1 Å². The van der Waals surface area contributed by atoms with E-state index in [4.69, 9.17) is 59.3 Å². The van der Waals surface area contributed by atoms with Gasteiger partial charge in [-0.3, -0.25) is 0 Å². The minimum Gasteiger partial charge on any atom is -0.241 e. The lowest BCUT2D eigenvalue weighted by Crippen LogP contribution is -1.95. The monoisotopic (exact) mass is 364 g/mol. The maximum Gasteiger partial charge on any atom is 0.111 e. The van der Waals surface area contributed by atoms with E-state index in [1.807, 2.05) is 0 Å². The van der Waals surface area contributed by atoms with Gasteiger partial charge in [-0.25, -0.2) is 9.97 Å². The van der Waals surface area contributed by atoms with Gasteiger partial charge >= 0.3 is 0 Å². The Labute approximate surface area is 146 Å². The van der Waals surface area contributed by atoms with Crippen LogP contribution in [-0.4, -0.2) is 9.97 Å². The van der Waals surface area contributed by atoms with Crippen molar-refractivity contribution in [2.24, 2.45) is 0 Å². The molecule has 0 saturated carbocycles. The van der Waals surface area contributed by atoms with Crippen molar-refractivity contribution in [1.82, 2.24) is 9.97 Å². The first-order valence-corrected chi connectivity index (χ1v) is 7.40. The van der Waals surface area contributed by atoms with Crippen molar-refractivity contribution < 1.29 is 0 Å². The van der Waals surface area contributed by atoms with Crippen molar-refractivity contribution >= 4 is 68.5 Å². The van der Waals surface area contributed by atoms with Crippen molar-refractivity contribution in [3.8, 4) is 24.7 Å². The molecule has 1 aromatic heterocycles. The van der Waals surface area contributed by atoms with Crippen molar-refractivity contribution in [3.63, 3.8) is 0 Å². The number of rotatable bonds is 0. The van der Waals surface area contributed by atoms with Gasteiger partial charge in [-0.1, -0.05) is 58.2 Å². The second-order valence-corrected chi connectivity index (χ2v) is 5.84. The molecule has 0 aliphatic rings. The number of fused-ring (bicyclic) bond motifs is 2. The first-order valence-electron chi connectivity index (χ1n) is 5.89. The Kier molecular flexibility index (Phi) is 3.81. The molecule has 1 heterocycles. The molecule has 0 atom stereocenters. The van der Waals surface area contributed by atoms with E-state index in [0.29, 0.717) is 33.2 Å². The van der Waals surface area contributed by atoms with Gasteiger partial charge in [0.1, 0.15) is 22.1 Å². The van der Waals surface area contributed by atoms with Gasteiger partial charge in [-0.15, -0.1) is 12.8 Å². The molecule has 0 aliphatic heterocycles. The number of aromatic nitrogens is 2. The molecule has 106 valence electrons. The van der Waals surface area contributed by atoms with E-state index in [2.05, 4.69) is 21.8 Å². The highest BCUT2D eigenvalue weighted by Crippen LogP contribution is 2.42. The maximum absolute atomic E-state index is 6.20. The number of hydrogen-bond donors (Lipinski definition) is 0. The van der Waals surface area contributed by atoms with Crippen LogP contribution in [0.3, 0.4) is 0 Å². The van der Waals surface area contributed by atoms with Crippen LogP contribution in [0.2, 0.25) is 20.1 Å². The summed E-state index contributed by atoms with van der Waals surface area (Å²) in [5, 5.41) is 0.554. The molecule has 0 fully saturated rings. The zero-order valence-electron chi connectivity index (χ0n) is 10.7. The molecule has 0 bridgehead atoms. The van der Waals surface area contributed by atoms with Crippen molar-refractivity contribution in [1.29, 1.82) is 0 Å². The largest absolute Gasteiger partial charge is 0.241 e. The maximum atomic E-state index is 6.20. The molecule has 0 unspecified atom stereocenters. The molecule has 3 aromatic rings. The normalized spacial score (nSPS) is 10.6. The topological polar surface area (TPSA) is 25.8 Å². The second kappa shape index (κ2) is 5.51. The molecule has 6 heteroatoms. The Hall–Kier alpha value is -1.68. The first-order chi connectivity index (χ1) is 10.5. The van der Waals surface area contributed by atoms with Crippen LogP contribution in [0, 0.1) is 24.7 Å². The quantitative estimate of drug-likeness (QED) is 0.232. The Morgan fingerprint density at radius 2 is 1.00 bits per heavy atom. The van der Waals surface area contributed by atoms with Crippen LogP contribution in [0.25, 0.3) is 22.1 Å². The lowest BCUT2D eigenvalue weighted by molar-refractivity contribution is 1.38. The third-order valence-corrected chi connectivity index (χ3v) is 4.91. The molecule has 3 rings (SSSR count). The fourth-order valence-electron chi connectivity index (χ4n) is 2.08. The smallest absolute Gasteiger partial charge is 0.111 e. The standard InChI is InChI=1S/C16H4Cl4N2/c1-3-7-5-6-8(4-2)14-13(7)21-15-11(19)9(17)10(18)12(20)16(15)22-14/h1-2,5-6H. The average molecular weight is 366 g/mol. The first kappa shape index (κ1) is 15.2. The van der Waals surface area contributed by atoms with E-state index >= 15 is 0 Å². The number of halogens is 4. The molecule has 2 aromatic carbocycles. The molecule has 0 amide bonds. The molecule has 2 nitrogen and oxygen atoms in total. The van der Waals surface area contributed by atoms with Crippen LogP contribution in [0.5, 0.6) is 0 Å². The summed E-state index contributed by atoms with van der Waals surface area (Å²) in [4.78, 5) is 8.92. The van der Waals surface area contributed by atoms with Gasteiger partial charge in [0.25, 0.3) is 0 Å². The SMILES string of the molecule is C#Cc1ccc(C#C)c2nc3c(Cl)c(Cl)c(Cl)c(Cl)c3nc12. The van der Waals surface area contributed by atoms with Crippen molar-refractivity contribution in [2.45, 2.75) is 0 Å². The Morgan fingerprint density at radius 1 is 0.636 bits per heavy atom. The number of benzene rings is 2. The summed E-state index contributed by atoms with van der Waals surface area (Å²) in [6, 6.07) is 3.40. The van der Waals surface area contributed by atoms with Crippen LogP contribution in [-0.2, 0) is 0 Å². The zero-order chi connectivity index (χ0) is 16.0. The van der Waals surface area contributed by atoms with Crippen LogP contribution in [0.4, 0.5) is 0 Å². The molecular formula is C16H4Cl4N2. The van der Waals surface area contributed by atoms with E-state index in [1.54, 1.807) is 12.1 Å². The summed E-state index contributed by atoms with van der Waals surface area (Å²) in [6.45, 7) is 0. The number of hydrogen-bond acceptors (Lipinski definition) is 2. The van der Waals surface area contributed by atoms with Gasteiger partial charge in [-0.05, 0) is 12.1 Å². The molecule has 22 heavy (non-hydrogen) atoms. The fourth-order valence-corrected chi connectivity index (χ4v) is 2.99. The highest BCUT2D eigenvalue weighted by Gasteiger charge is 2.19. The Balaban J connectivity index is 2.64. The Bertz CT molecular complexity index is 959. The molecule has 0 spiro atoms. The second-order valence-electron chi connectivity index (χ2n) is 4.32. The molecule has 0 N–H and O–H groups in total. The highest BCUT2D eigenvalue weighted by atomic mass is 35.5. The van der Waals surface area contributed by atoms with E-state index in [0.717, 1.165) is 0 Å². The summed E-state index contributed by atoms with van der Waals surface area (Å²) in [7, 11) is 0. The van der Waals surface area contributed by atoms with Gasteiger partial charge in [-0.2, -0.15) is 0 Å². The highest BCUT2D eigenvalue weighted by molar-refractivity contribution is 6.55. The molecule has 0 aliphatic carbocycles. The minimum atomic E-state index is 0.116. The summed E-state index contributed by atoms with van der Waals surface area (Å²) < 4.78 is 0. The van der Waals surface area contributed by atoms with Gasteiger partial charge in [0.05, 0.1) is 31.2 Å². The summed E-state index contributed by atoms with van der Waals surface area (Å²) in [5.74, 6) is 5.08. The van der Waals surface area contributed by atoms with Crippen LogP contribution in [0.15, 0.2) is 12.1 Å². The Morgan fingerprint density at radius 3 is 1.32 bits per heavy atom. The predicted molar refractivity (Wildman–Crippen MR) is 93.0 cm³/mol. The molecular weight excluding hydrogens is 362 g/mol. The van der Waals surface area contributed by atoms with Crippen LogP contribution in [0.1, 0.15) is 11.1 Å². The average Bonchev–Trinajstić information content (AvgIpc) is 2.55. The number of nitrogens with zero attached hydrogens (tertiary/aromatic N) is 2. The van der Waals surface area contributed by atoms with E-state index < -0.39 is 0 Å². The number of terminal acetylenes is 2. The van der Waals surface area contributed by atoms with Crippen LogP contribution < -0.4 is 0 Å². The van der Waals surface area contributed by atoms with E-state index in [1.165, 1.54) is 0 Å². The van der Waals surface area contributed by atoms with Gasteiger partial charge in [0.15, 0.2) is 0 Å². The molecule has 0 saturated heterocycles. The predicted octanol–water partition coefficient (Wildman–Crippen LogP) is 5.36. The van der Waals surface area contributed by atoms with Crippen molar-refractivity contribution in [3.05, 3.63) is 43.4 Å². The van der Waals surface area contributed by atoms with Crippen LogP contribution >= 0.6 is 46.4 Å². The molecule has 0 radical (unpaired) electrons. The summed E-state index contributed by atoms with van der Waals surface area (Å²) in [6.07, 6.45) is 11.0. The third kappa shape index (κ3) is 2.09. The lowest BCUT2D eigenvalue weighted by atomic mass is 10.1. The summed E-state index contributed by atoms with van der Waals surface area (Å²) >= 11 is 24.5. The van der Waals surface area contributed by atoms with E-state index in [9.17, 15) is 0 Å². The third-order valence-electron chi connectivity index (χ3n) is 3.13. The van der Waals surface area contributed by atoms with Gasteiger partial charge in [0, 0.05) is 0 Å². The van der Waals surface area contributed by atoms with Crippen molar-refractivity contribution in [2.75, 3.05) is 0 Å².